The van der Waals surface area contributed by atoms with E-state index in [-0.39, 0.29) is 0 Å². The third-order valence-electron chi connectivity index (χ3n) is 2.79. The van der Waals surface area contributed by atoms with Crippen molar-refractivity contribution in [3.8, 4) is 0 Å². The molecule has 102 valence electrons. The van der Waals surface area contributed by atoms with E-state index in [4.69, 9.17) is 0 Å². The highest BCUT2D eigenvalue weighted by Crippen LogP contribution is 2.10. The quantitative estimate of drug-likeness (QED) is 0.863. The van der Waals surface area contributed by atoms with Crippen molar-refractivity contribution in [2.24, 2.45) is 7.05 Å². The van der Waals surface area contributed by atoms with Crippen molar-refractivity contribution in [2.45, 2.75) is 18.0 Å². The van der Waals surface area contributed by atoms with Crippen molar-refractivity contribution < 1.29 is 8.42 Å². The molecule has 0 bridgehead atoms. The molecule has 6 nitrogen and oxygen atoms in total. The van der Waals surface area contributed by atoms with E-state index >= 15 is 0 Å². The second kappa shape index (κ2) is 5.50. The van der Waals surface area contributed by atoms with Crippen molar-refractivity contribution in [2.75, 3.05) is 6.26 Å². The van der Waals surface area contributed by atoms with Crippen LogP contribution in [0.15, 0.2) is 35.4 Å². The minimum Gasteiger partial charge on any atom is -0.307 e. The summed E-state index contributed by atoms with van der Waals surface area (Å²) in [5.74, 6) is 0. The Balaban J connectivity index is 1.92. The lowest BCUT2D eigenvalue weighted by Gasteiger charge is -2.05. The minimum atomic E-state index is -3.12. The molecular weight excluding hydrogens is 264 g/mol. The van der Waals surface area contributed by atoms with Crippen LogP contribution in [0.1, 0.15) is 11.3 Å². The fraction of sp³-hybridized carbons (Fsp3) is 0.333. The fourth-order valence-corrected chi connectivity index (χ4v) is 2.29. The molecule has 0 saturated carbocycles. The van der Waals surface area contributed by atoms with Crippen LogP contribution in [0.4, 0.5) is 0 Å². The topological polar surface area (TPSA) is 76.9 Å². The Morgan fingerprint density at radius 3 is 2.42 bits per heavy atom. The average molecular weight is 280 g/mol. The molecule has 0 amide bonds. The lowest BCUT2D eigenvalue weighted by atomic mass is 10.2. The smallest absolute Gasteiger partial charge is 0.175 e. The highest BCUT2D eigenvalue weighted by molar-refractivity contribution is 7.90. The summed E-state index contributed by atoms with van der Waals surface area (Å²) in [6.07, 6.45) is 2.91. The first-order chi connectivity index (χ1) is 8.97. The molecule has 1 heterocycles. The molecule has 0 saturated heterocycles. The van der Waals surface area contributed by atoms with Gasteiger partial charge in [0.2, 0.25) is 0 Å². The van der Waals surface area contributed by atoms with Crippen molar-refractivity contribution in [1.82, 2.24) is 20.3 Å². The molecule has 19 heavy (non-hydrogen) atoms. The van der Waals surface area contributed by atoms with Gasteiger partial charge >= 0.3 is 0 Å². The van der Waals surface area contributed by atoms with Crippen molar-refractivity contribution >= 4 is 9.84 Å². The summed E-state index contributed by atoms with van der Waals surface area (Å²) in [6.45, 7) is 1.33. The summed E-state index contributed by atoms with van der Waals surface area (Å²) >= 11 is 0. The molecule has 0 aliphatic rings. The molecule has 0 aliphatic heterocycles. The van der Waals surface area contributed by atoms with Gasteiger partial charge in [-0.25, -0.2) is 8.42 Å². The maximum absolute atomic E-state index is 11.3. The summed E-state index contributed by atoms with van der Waals surface area (Å²) < 4.78 is 24.3. The number of rotatable bonds is 5. The predicted molar refractivity (Wildman–Crippen MR) is 71.1 cm³/mol. The standard InChI is InChI=1S/C12H16N4O2S/c1-16-11(9-14-15-16)8-13-7-10-3-5-12(6-4-10)19(2,17)18/h3-6,9,13H,7-8H2,1-2H3. The summed E-state index contributed by atoms with van der Waals surface area (Å²) in [7, 11) is -1.28. The van der Waals surface area contributed by atoms with E-state index in [9.17, 15) is 8.42 Å². The number of hydrogen-bond donors (Lipinski definition) is 1. The second-order valence-electron chi connectivity index (χ2n) is 4.37. The fourth-order valence-electron chi connectivity index (χ4n) is 1.66. The van der Waals surface area contributed by atoms with E-state index in [2.05, 4.69) is 15.6 Å². The van der Waals surface area contributed by atoms with Gasteiger partial charge in [0.05, 0.1) is 16.8 Å². The normalized spacial score (nSPS) is 11.7. The molecule has 0 atom stereocenters. The van der Waals surface area contributed by atoms with Crippen LogP contribution in [0.3, 0.4) is 0 Å². The van der Waals surface area contributed by atoms with Crippen LogP contribution in [0, 0.1) is 0 Å². The Labute approximate surface area is 112 Å². The minimum absolute atomic E-state index is 0.340. The molecule has 0 unspecified atom stereocenters. The van der Waals surface area contributed by atoms with E-state index in [1.54, 1.807) is 23.0 Å². The van der Waals surface area contributed by atoms with Crippen molar-refractivity contribution in [1.29, 1.82) is 0 Å². The van der Waals surface area contributed by atoms with Gasteiger partial charge in [-0.2, -0.15) is 0 Å². The predicted octanol–water partition coefficient (Wildman–Crippen LogP) is 0.508. The number of aromatic nitrogens is 3. The molecule has 7 heteroatoms. The van der Waals surface area contributed by atoms with Gasteiger partial charge < -0.3 is 5.32 Å². The summed E-state index contributed by atoms with van der Waals surface area (Å²) in [5, 5.41) is 10.9. The Morgan fingerprint density at radius 2 is 1.89 bits per heavy atom. The van der Waals surface area contributed by atoms with E-state index < -0.39 is 9.84 Å². The molecule has 1 N–H and O–H groups in total. The number of hydrogen-bond acceptors (Lipinski definition) is 5. The SMILES string of the molecule is Cn1nncc1CNCc1ccc(S(C)(=O)=O)cc1. The van der Waals surface area contributed by atoms with Crippen LogP contribution in [0.2, 0.25) is 0 Å². The van der Waals surface area contributed by atoms with Crippen LogP contribution >= 0.6 is 0 Å². The zero-order valence-electron chi connectivity index (χ0n) is 10.9. The zero-order chi connectivity index (χ0) is 13.9. The average Bonchev–Trinajstić information content (AvgIpc) is 2.75. The Hall–Kier alpha value is -1.73. The molecule has 0 spiro atoms. The maximum Gasteiger partial charge on any atom is 0.175 e. The van der Waals surface area contributed by atoms with Crippen molar-refractivity contribution in [3.05, 3.63) is 41.7 Å². The molecule has 1 aromatic carbocycles. The number of nitrogens with zero attached hydrogens (tertiary/aromatic N) is 3. The summed E-state index contributed by atoms with van der Waals surface area (Å²) in [6, 6.07) is 6.87. The third-order valence-corrected chi connectivity index (χ3v) is 3.92. The molecule has 0 radical (unpaired) electrons. The Morgan fingerprint density at radius 1 is 1.21 bits per heavy atom. The first-order valence-corrected chi connectivity index (χ1v) is 7.69. The van der Waals surface area contributed by atoms with E-state index in [0.717, 1.165) is 11.3 Å². The first-order valence-electron chi connectivity index (χ1n) is 5.80. The van der Waals surface area contributed by atoms with Crippen LogP contribution < -0.4 is 5.32 Å². The molecule has 2 aromatic rings. The highest BCUT2D eigenvalue weighted by atomic mass is 32.2. The summed E-state index contributed by atoms with van der Waals surface area (Å²) in [4.78, 5) is 0.340. The van der Waals surface area contributed by atoms with Gasteiger partial charge in [0.15, 0.2) is 9.84 Å². The highest BCUT2D eigenvalue weighted by Gasteiger charge is 2.06. The molecule has 1 aromatic heterocycles. The second-order valence-corrected chi connectivity index (χ2v) is 6.38. The first kappa shape index (κ1) is 13.7. The number of benzene rings is 1. The lowest BCUT2D eigenvalue weighted by Crippen LogP contribution is -2.15. The van der Waals surface area contributed by atoms with E-state index in [0.29, 0.717) is 18.0 Å². The lowest BCUT2D eigenvalue weighted by molar-refractivity contribution is 0.601. The molecular formula is C12H16N4O2S. The van der Waals surface area contributed by atoms with Gasteiger partial charge in [0.1, 0.15) is 0 Å². The molecule has 0 fully saturated rings. The third kappa shape index (κ3) is 3.62. The zero-order valence-corrected chi connectivity index (χ0v) is 11.7. The van der Waals surface area contributed by atoms with Gasteiger partial charge in [-0.05, 0) is 17.7 Å². The van der Waals surface area contributed by atoms with Gasteiger partial charge in [-0.3, -0.25) is 4.68 Å². The number of nitrogens with one attached hydrogen (secondary N) is 1. The monoisotopic (exact) mass is 280 g/mol. The number of sulfone groups is 1. The van der Waals surface area contributed by atoms with Crippen LogP contribution in [0.25, 0.3) is 0 Å². The van der Waals surface area contributed by atoms with Crippen LogP contribution in [0.5, 0.6) is 0 Å². The molecule has 2 rings (SSSR count). The largest absolute Gasteiger partial charge is 0.307 e. The summed E-state index contributed by atoms with van der Waals surface area (Å²) in [5.41, 5.74) is 2.02. The molecule has 0 aliphatic carbocycles. The van der Waals surface area contributed by atoms with Gasteiger partial charge in [0, 0.05) is 26.4 Å². The Bertz CT molecular complexity index is 647. The van der Waals surface area contributed by atoms with Crippen LogP contribution in [-0.4, -0.2) is 29.7 Å². The van der Waals surface area contributed by atoms with E-state index in [1.807, 2.05) is 19.2 Å². The van der Waals surface area contributed by atoms with E-state index in [1.165, 1.54) is 6.26 Å². The van der Waals surface area contributed by atoms with Crippen LogP contribution in [-0.2, 0) is 30.0 Å². The van der Waals surface area contributed by atoms with Gasteiger partial charge in [-0.1, -0.05) is 17.3 Å². The van der Waals surface area contributed by atoms with Gasteiger partial charge in [0.25, 0.3) is 0 Å². The maximum atomic E-state index is 11.3. The van der Waals surface area contributed by atoms with Crippen molar-refractivity contribution in [3.63, 3.8) is 0 Å². The number of aryl methyl sites for hydroxylation is 1. The Kier molecular flexibility index (Phi) is 3.96. The van der Waals surface area contributed by atoms with Gasteiger partial charge in [-0.15, -0.1) is 5.10 Å².